The third kappa shape index (κ3) is 3.40. The minimum Gasteiger partial charge on any atom is -0.342 e. The van der Waals surface area contributed by atoms with Crippen LogP contribution in [0.25, 0.3) is 0 Å². The van der Waals surface area contributed by atoms with E-state index in [0.717, 1.165) is 62.7 Å². The summed E-state index contributed by atoms with van der Waals surface area (Å²) >= 11 is 0. The molecule has 0 bridgehead atoms. The highest BCUT2D eigenvalue weighted by atomic mass is 16.2. The van der Waals surface area contributed by atoms with E-state index < -0.39 is 0 Å². The van der Waals surface area contributed by atoms with Gasteiger partial charge in [-0.05, 0) is 45.7 Å². The maximum absolute atomic E-state index is 12.2. The number of carbonyl (C=O) groups is 1. The van der Waals surface area contributed by atoms with Crippen LogP contribution in [0.3, 0.4) is 0 Å². The first-order valence-corrected chi connectivity index (χ1v) is 7.94. The van der Waals surface area contributed by atoms with Crippen LogP contribution in [0.15, 0.2) is 6.07 Å². The van der Waals surface area contributed by atoms with Crippen LogP contribution in [-0.4, -0.2) is 58.4 Å². The lowest BCUT2D eigenvalue weighted by atomic mass is 10.1. The van der Waals surface area contributed by atoms with E-state index in [-0.39, 0.29) is 5.91 Å². The Labute approximate surface area is 126 Å². The predicted molar refractivity (Wildman–Crippen MR) is 81.1 cm³/mol. The molecule has 114 valence electrons. The molecule has 0 saturated carbocycles. The van der Waals surface area contributed by atoms with E-state index in [4.69, 9.17) is 0 Å². The van der Waals surface area contributed by atoms with Crippen molar-refractivity contribution in [1.82, 2.24) is 19.8 Å². The molecule has 1 aromatic rings. The number of amides is 1. The minimum absolute atomic E-state index is 0.287. The van der Waals surface area contributed by atoms with Gasteiger partial charge in [0.25, 0.3) is 0 Å². The van der Waals surface area contributed by atoms with Gasteiger partial charge in [-0.3, -0.25) is 9.69 Å². The summed E-state index contributed by atoms with van der Waals surface area (Å²) in [7, 11) is 0. The summed E-state index contributed by atoms with van der Waals surface area (Å²) in [4.78, 5) is 25.6. The van der Waals surface area contributed by atoms with Crippen LogP contribution in [-0.2, 0) is 4.79 Å². The SMILES string of the molecule is Cc1cc(C)nc([C@@H]2CCN(CC(=O)N3CCCC3)C2)n1. The Morgan fingerprint density at radius 3 is 2.52 bits per heavy atom. The highest BCUT2D eigenvalue weighted by Gasteiger charge is 2.29. The zero-order chi connectivity index (χ0) is 14.8. The first-order chi connectivity index (χ1) is 10.1. The number of aromatic nitrogens is 2. The Kier molecular flexibility index (Phi) is 4.19. The number of nitrogens with zero attached hydrogens (tertiary/aromatic N) is 4. The van der Waals surface area contributed by atoms with E-state index in [9.17, 15) is 4.79 Å². The van der Waals surface area contributed by atoms with Gasteiger partial charge in [0.05, 0.1) is 6.54 Å². The highest BCUT2D eigenvalue weighted by molar-refractivity contribution is 5.78. The molecule has 2 aliphatic heterocycles. The second-order valence-corrected chi connectivity index (χ2v) is 6.32. The molecule has 3 heterocycles. The molecular weight excluding hydrogens is 264 g/mol. The zero-order valence-electron chi connectivity index (χ0n) is 13.0. The summed E-state index contributed by atoms with van der Waals surface area (Å²) in [5, 5.41) is 0. The molecular formula is C16H24N4O. The molecule has 0 spiro atoms. The van der Waals surface area contributed by atoms with Gasteiger partial charge in [-0.25, -0.2) is 9.97 Å². The van der Waals surface area contributed by atoms with Crippen molar-refractivity contribution in [3.8, 4) is 0 Å². The van der Waals surface area contributed by atoms with Gasteiger partial charge in [-0.15, -0.1) is 0 Å². The summed E-state index contributed by atoms with van der Waals surface area (Å²) in [5.41, 5.74) is 2.06. The van der Waals surface area contributed by atoms with Gasteiger partial charge < -0.3 is 4.90 Å². The molecule has 1 amide bonds. The van der Waals surface area contributed by atoms with Crippen LogP contribution in [0.2, 0.25) is 0 Å². The van der Waals surface area contributed by atoms with E-state index in [1.807, 2.05) is 24.8 Å². The number of hydrogen-bond donors (Lipinski definition) is 0. The lowest BCUT2D eigenvalue weighted by Gasteiger charge is -2.20. The topological polar surface area (TPSA) is 49.3 Å². The fourth-order valence-electron chi connectivity index (χ4n) is 3.38. The normalized spacial score (nSPS) is 23.0. The molecule has 2 aliphatic rings. The average Bonchev–Trinajstić information content (AvgIpc) is 3.08. The minimum atomic E-state index is 0.287. The van der Waals surface area contributed by atoms with Crippen LogP contribution in [0, 0.1) is 13.8 Å². The van der Waals surface area contributed by atoms with Gasteiger partial charge in [-0.1, -0.05) is 0 Å². The number of aryl methyl sites for hydroxylation is 2. The quantitative estimate of drug-likeness (QED) is 0.846. The van der Waals surface area contributed by atoms with Gasteiger partial charge >= 0.3 is 0 Å². The molecule has 0 N–H and O–H groups in total. The van der Waals surface area contributed by atoms with E-state index >= 15 is 0 Å². The Bertz CT molecular complexity index is 505. The van der Waals surface area contributed by atoms with E-state index in [1.54, 1.807) is 0 Å². The molecule has 5 nitrogen and oxygen atoms in total. The van der Waals surface area contributed by atoms with Crippen LogP contribution >= 0.6 is 0 Å². The highest BCUT2D eigenvalue weighted by Crippen LogP contribution is 2.25. The van der Waals surface area contributed by atoms with Gasteiger partial charge in [0, 0.05) is 36.9 Å². The molecule has 1 aromatic heterocycles. The molecule has 2 saturated heterocycles. The van der Waals surface area contributed by atoms with E-state index in [2.05, 4.69) is 14.9 Å². The van der Waals surface area contributed by atoms with Crippen molar-refractivity contribution in [3.63, 3.8) is 0 Å². The second-order valence-electron chi connectivity index (χ2n) is 6.32. The summed E-state index contributed by atoms with van der Waals surface area (Å²) in [6.07, 6.45) is 3.37. The Hall–Kier alpha value is -1.49. The summed E-state index contributed by atoms with van der Waals surface area (Å²) < 4.78 is 0. The molecule has 21 heavy (non-hydrogen) atoms. The van der Waals surface area contributed by atoms with Gasteiger partial charge in [0.2, 0.25) is 5.91 Å². The molecule has 3 rings (SSSR count). The van der Waals surface area contributed by atoms with Crippen molar-refractivity contribution in [2.75, 3.05) is 32.7 Å². The number of rotatable bonds is 3. The molecule has 0 aromatic carbocycles. The van der Waals surface area contributed by atoms with Crippen LogP contribution in [0.4, 0.5) is 0 Å². The monoisotopic (exact) mass is 288 g/mol. The third-order valence-corrected chi connectivity index (χ3v) is 4.45. The molecule has 5 heteroatoms. The lowest BCUT2D eigenvalue weighted by molar-refractivity contribution is -0.131. The van der Waals surface area contributed by atoms with Crippen molar-refractivity contribution < 1.29 is 4.79 Å². The number of carbonyl (C=O) groups excluding carboxylic acids is 1. The Balaban J connectivity index is 1.58. The van der Waals surface area contributed by atoms with Gasteiger partial charge in [-0.2, -0.15) is 0 Å². The summed E-state index contributed by atoms with van der Waals surface area (Å²) in [6.45, 7) is 8.35. The smallest absolute Gasteiger partial charge is 0.236 e. The van der Waals surface area contributed by atoms with Crippen molar-refractivity contribution in [3.05, 3.63) is 23.3 Å². The van der Waals surface area contributed by atoms with Crippen LogP contribution in [0.1, 0.15) is 42.4 Å². The molecule has 0 radical (unpaired) electrons. The van der Waals surface area contributed by atoms with Gasteiger partial charge in [0.15, 0.2) is 0 Å². The average molecular weight is 288 g/mol. The maximum Gasteiger partial charge on any atom is 0.236 e. The third-order valence-electron chi connectivity index (χ3n) is 4.45. The summed E-state index contributed by atoms with van der Waals surface area (Å²) in [6, 6.07) is 2.01. The largest absolute Gasteiger partial charge is 0.342 e. The molecule has 2 fully saturated rings. The molecule has 0 unspecified atom stereocenters. The first kappa shape index (κ1) is 14.4. The Morgan fingerprint density at radius 2 is 1.86 bits per heavy atom. The van der Waals surface area contributed by atoms with E-state index in [1.165, 1.54) is 0 Å². The van der Waals surface area contributed by atoms with Crippen LogP contribution in [0.5, 0.6) is 0 Å². The molecule has 0 aliphatic carbocycles. The van der Waals surface area contributed by atoms with Crippen molar-refractivity contribution in [2.45, 2.75) is 39.0 Å². The maximum atomic E-state index is 12.2. The molecule has 1 atom stereocenters. The fraction of sp³-hybridized carbons (Fsp3) is 0.688. The standard InChI is InChI=1S/C16H24N4O/c1-12-9-13(2)18-16(17-12)14-5-8-19(10-14)11-15(21)20-6-3-4-7-20/h9,14H,3-8,10-11H2,1-2H3/t14-/m1/s1. The predicted octanol–water partition coefficient (Wildman–Crippen LogP) is 1.51. The van der Waals surface area contributed by atoms with Crippen LogP contribution < -0.4 is 0 Å². The second kappa shape index (κ2) is 6.10. The van der Waals surface area contributed by atoms with Gasteiger partial charge in [0.1, 0.15) is 5.82 Å². The summed E-state index contributed by atoms with van der Waals surface area (Å²) in [5.74, 6) is 1.60. The number of likely N-dealkylation sites (tertiary alicyclic amines) is 2. The Morgan fingerprint density at radius 1 is 1.19 bits per heavy atom. The van der Waals surface area contributed by atoms with Crippen molar-refractivity contribution in [1.29, 1.82) is 0 Å². The van der Waals surface area contributed by atoms with Crippen molar-refractivity contribution in [2.24, 2.45) is 0 Å². The first-order valence-electron chi connectivity index (χ1n) is 7.94. The van der Waals surface area contributed by atoms with E-state index in [0.29, 0.717) is 12.5 Å². The van der Waals surface area contributed by atoms with Crippen molar-refractivity contribution >= 4 is 5.91 Å². The lowest BCUT2D eigenvalue weighted by Crippen LogP contribution is -2.37. The zero-order valence-corrected chi connectivity index (χ0v) is 13.0. The fourth-order valence-corrected chi connectivity index (χ4v) is 3.38. The number of hydrogen-bond acceptors (Lipinski definition) is 4.